The molecule has 3 nitrogen and oxygen atoms in total. The quantitative estimate of drug-likeness (QED) is 0.939. The number of halogens is 1. The summed E-state index contributed by atoms with van der Waals surface area (Å²) in [5, 5.41) is 3.27. The summed E-state index contributed by atoms with van der Waals surface area (Å²) in [6.07, 6.45) is 2.93. The lowest BCUT2D eigenvalue weighted by molar-refractivity contribution is -0.126. The number of carbonyl (C=O) groups excluding carboxylic acids is 1. The van der Waals surface area contributed by atoms with Crippen LogP contribution in [0.3, 0.4) is 0 Å². The molecule has 2 aliphatic carbocycles. The third kappa shape index (κ3) is 1.92. The first kappa shape index (κ1) is 14.0. The smallest absolute Gasteiger partial charge is 0.228 e. The molecular formula is C20H18FNO2. The lowest BCUT2D eigenvalue weighted by Gasteiger charge is -2.43. The van der Waals surface area contributed by atoms with E-state index < -0.39 is 0 Å². The first-order valence-corrected chi connectivity index (χ1v) is 8.52. The number of benzene rings is 2. The molecule has 3 unspecified atom stereocenters. The van der Waals surface area contributed by atoms with Crippen molar-refractivity contribution in [3.05, 3.63) is 65.5 Å². The van der Waals surface area contributed by atoms with Crippen LogP contribution in [0.25, 0.3) is 0 Å². The third-order valence-electron chi connectivity index (χ3n) is 5.75. The molecule has 0 aromatic heterocycles. The Hall–Kier alpha value is -2.36. The maximum absolute atomic E-state index is 13.5. The van der Waals surface area contributed by atoms with Gasteiger partial charge < -0.3 is 10.1 Å². The fraction of sp³-hybridized carbons (Fsp3) is 0.350. The molecule has 2 saturated carbocycles. The fourth-order valence-electron chi connectivity index (χ4n) is 4.24. The van der Waals surface area contributed by atoms with Crippen LogP contribution in [0.15, 0.2) is 48.5 Å². The van der Waals surface area contributed by atoms with Gasteiger partial charge in [-0.1, -0.05) is 30.3 Å². The van der Waals surface area contributed by atoms with Gasteiger partial charge in [-0.05, 0) is 43.0 Å². The van der Waals surface area contributed by atoms with Crippen molar-refractivity contribution in [3.63, 3.8) is 0 Å². The van der Waals surface area contributed by atoms with Crippen molar-refractivity contribution in [1.82, 2.24) is 5.32 Å². The number of carbonyl (C=O) groups is 1. The lowest BCUT2D eigenvalue weighted by Crippen LogP contribution is -2.51. The van der Waals surface area contributed by atoms with E-state index in [-0.39, 0.29) is 35.2 Å². The van der Waals surface area contributed by atoms with Crippen LogP contribution >= 0.6 is 0 Å². The number of hydrogen-bond donors (Lipinski definition) is 1. The molecular weight excluding hydrogens is 305 g/mol. The van der Waals surface area contributed by atoms with Crippen molar-refractivity contribution >= 4 is 5.91 Å². The van der Waals surface area contributed by atoms with Gasteiger partial charge in [-0.25, -0.2) is 4.39 Å². The van der Waals surface area contributed by atoms with Gasteiger partial charge in [0.15, 0.2) is 0 Å². The summed E-state index contributed by atoms with van der Waals surface area (Å²) in [5.74, 6) is 0.285. The molecule has 122 valence electrons. The number of fused-ring (bicyclic) bond motifs is 3. The molecule has 2 fully saturated rings. The largest absolute Gasteiger partial charge is 0.489 e. The molecule has 1 aliphatic heterocycles. The Bertz CT molecular complexity index is 816. The maximum Gasteiger partial charge on any atom is 0.228 e. The van der Waals surface area contributed by atoms with Gasteiger partial charge in [-0.15, -0.1) is 0 Å². The van der Waals surface area contributed by atoms with E-state index in [9.17, 15) is 9.18 Å². The molecule has 2 aromatic carbocycles. The van der Waals surface area contributed by atoms with E-state index in [2.05, 4.69) is 17.4 Å². The molecule has 0 saturated heterocycles. The van der Waals surface area contributed by atoms with E-state index in [4.69, 9.17) is 4.74 Å². The molecule has 3 aliphatic rings. The molecule has 24 heavy (non-hydrogen) atoms. The van der Waals surface area contributed by atoms with E-state index in [1.165, 1.54) is 17.7 Å². The molecule has 1 N–H and O–H groups in total. The van der Waals surface area contributed by atoms with Crippen molar-refractivity contribution in [3.8, 4) is 5.75 Å². The summed E-state index contributed by atoms with van der Waals surface area (Å²) >= 11 is 0. The van der Waals surface area contributed by atoms with E-state index in [1.54, 1.807) is 6.07 Å². The van der Waals surface area contributed by atoms with Gasteiger partial charge in [0.25, 0.3) is 0 Å². The highest BCUT2D eigenvalue weighted by Crippen LogP contribution is 2.58. The normalized spacial score (nSPS) is 28.1. The van der Waals surface area contributed by atoms with E-state index in [0.717, 1.165) is 30.6 Å². The second-order valence-electron chi connectivity index (χ2n) is 7.11. The van der Waals surface area contributed by atoms with E-state index >= 15 is 0 Å². The standard InChI is InChI=1S/C20H18FNO2/c21-13-7-8-15-14(11-13)16-17(18(16)24-15)19(23)22-20(9-4-10-20)12-5-2-1-3-6-12/h1-3,5-8,11,16-18H,4,9-10H2,(H,22,23). The minimum absolute atomic E-state index is 0.00333. The Kier molecular flexibility index (Phi) is 2.82. The number of nitrogens with one attached hydrogen (secondary N) is 1. The van der Waals surface area contributed by atoms with E-state index in [1.807, 2.05) is 18.2 Å². The highest BCUT2D eigenvalue weighted by atomic mass is 19.1. The molecule has 4 heteroatoms. The van der Waals surface area contributed by atoms with Crippen LogP contribution in [-0.4, -0.2) is 12.0 Å². The topological polar surface area (TPSA) is 38.3 Å². The van der Waals surface area contributed by atoms with Crippen LogP contribution in [0, 0.1) is 11.7 Å². The van der Waals surface area contributed by atoms with Gasteiger partial charge in [-0.2, -0.15) is 0 Å². The zero-order chi connectivity index (χ0) is 16.3. The fourth-order valence-corrected chi connectivity index (χ4v) is 4.24. The highest BCUT2D eigenvalue weighted by molar-refractivity contribution is 5.86. The summed E-state index contributed by atoms with van der Waals surface area (Å²) in [7, 11) is 0. The molecule has 0 bridgehead atoms. The van der Waals surface area contributed by atoms with Gasteiger partial charge in [0.05, 0.1) is 11.5 Å². The van der Waals surface area contributed by atoms with Crippen molar-refractivity contribution in [2.45, 2.75) is 36.8 Å². The maximum atomic E-state index is 13.5. The second kappa shape index (κ2) is 4.82. The zero-order valence-electron chi connectivity index (χ0n) is 13.2. The monoisotopic (exact) mass is 323 g/mol. The number of amides is 1. The zero-order valence-corrected chi connectivity index (χ0v) is 13.2. The summed E-state index contributed by atoms with van der Waals surface area (Å²) in [6, 6.07) is 14.7. The summed E-state index contributed by atoms with van der Waals surface area (Å²) in [5.41, 5.74) is 1.77. The van der Waals surface area contributed by atoms with Crippen molar-refractivity contribution in [2.75, 3.05) is 0 Å². The van der Waals surface area contributed by atoms with Crippen LogP contribution in [0.2, 0.25) is 0 Å². The molecule has 1 heterocycles. The minimum Gasteiger partial charge on any atom is -0.489 e. The Morgan fingerprint density at radius 2 is 1.96 bits per heavy atom. The Morgan fingerprint density at radius 3 is 2.67 bits per heavy atom. The Morgan fingerprint density at radius 1 is 1.17 bits per heavy atom. The van der Waals surface area contributed by atoms with Crippen molar-refractivity contribution in [1.29, 1.82) is 0 Å². The SMILES string of the molecule is O=C(NC1(c2ccccc2)CCC1)C1C2Oc3ccc(F)cc3C21. The van der Waals surface area contributed by atoms with Gasteiger partial charge in [0, 0.05) is 11.5 Å². The van der Waals surface area contributed by atoms with Gasteiger partial charge in [0.2, 0.25) is 5.91 Å². The average molecular weight is 323 g/mol. The second-order valence-corrected chi connectivity index (χ2v) is 7.11. The summed E-state index contributed by atoms with van der Waals surface area (Å²) in [4.78, 5) is 12.8. The molecule has 5 rings (SSSR count). The third-order valence-corrected chi connectivity index (χ3v) is 5.75. The first-order valence-electron chi connectivity index (χ1n) is 8.52. The average Bonchev–Trinajstić information content (AvgIpc) is 3.16. The highest BCUT2D eigenvalue weighted by Gasteiger charge is 2.63. The van der Waals surface area contributed by atoms with Crippen LogP contribution in [-0.2, 0) is 10.3 Å². The van der Waals surface area contributed by atoms with Gasteiger partial charge >= 0.3 is 0 Å². The molecule has 1 amide bonds. The van der Waals surface area contributed by atoms with Crippen LogP contribution in [0.5, 0.6) is 5.75 Å². The van der Waals surface area contributed by atoms with Crippen LogP contribution in [0.4, 0.5) is 4.39 Å². The van der Waals surface area contributed by atoms with Crippen molar-refractivity contribution < 1.29 is 13.9 Å². The number of ether oxygens (including phenoxy) is 1. The Balaban J connectivity index is 1.36. The van der Waals surface area contributed by atoms with Gasteiger partial charge in [0.1, 0.15) is 17.7 Å². The molecule has 2 aromatic rings. The number of hydrogen-bond acceptors (Lipinski definition) is 2. The predicted octanol–water partition coefficient (Wildman–Crippen LogP) is 3.50. The van der Waals surface area contributed by atoms with Crippen molar-refractivity contribution in [2.24, 2.45) is 5.92 Å². The van der Waals surface area contributed by atoms with Crippen LogP contribution in [0.1, 0.15) is 36.3 Å². The lowest BCUT2D eigenvalue weighted by atomic mass is 9.71. The number of rotatable bonds is 3. The first-order chi connectivity index (χ1) is 11.7. The Labute approximate surface area is 139 Å². The summed E-state index contributed by atoms with van der Waals surface area (Å²) < 4.78 is 19.3. The minimum atomic E-state index is -0.274. The van der Waals surface area contributed by atoms with Crippen LogP contribution < -0.4 is 10.1 Å². The predicted molar refractivity (Wildman–Crippen MR) is 87.2 cm³/mol. The van der Waals surface area contributed by atoms with E-state index in [0.29, 0.717) is 0 Å². The molecule has 0 spiro atoms. The summed E-state index contributed by atoms with van der Waals surface area (Å²) in [6.45, 7) is 0. The molecule has 3 atom stereocenters. The molecule has 0 radical (unpaired) electrons. The van der Waals surface area contributed by atoms with Gasteiger partial charge in [-0.3, -0.25) is 4.79 Å².